The van der Waals surface area contributed by atoms with Crippen molar-refractivity contribution in [3.05, 3.63) is 23.2 Å². The molecule has 0 atom stereocenters. The third-order valence-corrected chi connectivity index (χ3v) is 2.61. The number of hydrogen-bond acceptors (Lipinski definition) is 3. The number of carboxylic acid groups (broad SMARTS) is 1. The Kier molecular flexibility index (Phi) is 5.69. The Morgan fingerprint density at radius 2 is 2.25 bits per heavy atom. The van der Waals surface area contributed by atoms with Gasteiger partial charge in [-0.25, -0.2) is 4.79 Å². The van der Waals surface area contributed by atoms with E-state index >= 15 is 0 Å². The van der Waals surface area contributed by atoms with Gasteiger partial charge in [-0.2, -0.15) is 0 Å². The molecule has 0 aliphatic rings. The van der Waals surface area contributed by atoms with Gasteiger partial charge in [-0.05, 0) is 12.1 Å². The summed E-state index contributed by atoms with van der Waals surface area (Å²) in [5, 5.41) is 11.6. The maximum Gasteiger partial charge on any atom is 0.323 e. The molecule has 7 heteroatoms. The van der Waals surface area contributed by atoms with E-state index in [-0.39, 0.29) is 6.54 Å². The highest BCUT2D eigenvalue weighted by Crippen LogP contribution is 2.27. The second-order valence-electron chi connectivity index (χ2n) is 3.73. The molecule has 106 valence electrons. The van der Waals surface area contributed by atoms with Gasteiger partial charge in [-0.15, -0.1) is 6.42 Å². The number of methoxy groups -OCH3 is 1. The maximum absolute atomic E-state index is 11.9. The van der Waals surface area contributed by atoms with Gasteiger partial charge in [0.05, 0.1) is 18.7 Å². The van der Waals surface area contributed by atoms with E-state index in [9.17, 15) is 9.59 Å². The fourth-order valence-corrected chi connectivity index (χ4v) is 1.61. The van der Waals surface area contributed by atoms with E-state index in [2.05, 4.69) is 11.2 Å². The van der Waals surface area contributed by atoms with Gasteiger partial charge in [-0.1, -0.05) is 17.5 Å². The third-order valence-electron chi connectivity index (χ3n) is 2.30. The SMILES string of the molecule is C#CCN(CC(=O)O)C(=O)Nc1ccc(Cl)c(OC)c1. The molecule has 0 unspecified atom stereocenters. The number of halogens is 1. The molecule has 0 aliphatic heterocycles. The van der Waals surface area contributed by atoms with E-state index < -0.39 is 18.5 Å². The van der Waals surface area contributed by atoms with Gasteiger partial charge in [0.1, 0.15) is 12.3 Å². The van der Waals surface area contributed by atoms with Gasteiger partial charge in [0, 0.05) is 11.8 Å². The maximum atomic E-state index is 11.9. The highest BCUT2D eigenvalue weighted by atomic mass is 35.5. The van der Waals surface area contributed by atoms with Gasteiger partial charge in [-0.3, -0.25) is 4.79 Å². The minimum absolute atomic E-state index is 0.108. The fraction of sp³-hybridized carbons (Fsp3) is 0.231. The van der Waals surface area contributed by atoms with Crippen LogP contribution in [0.5, 0.6) is 5.75 Å². The second kappa shape index (κ2) is 7.26. The van der Waals surface area contributed by atoms with Crippen LogP contribution in [0.25, 0.3) is 0 Å². The molecule has 0 aliphatic carbocycles. The lowest BCUT2D eigenvalue weighted by atomic mass is 10.3. The van der Waals surface area contributed by atoms with Gasteiger partial charge < -0.3 is 20.1 Å². The molecule has 6 nitrogen and oxygen atoms in total. The smallest absolute Gasteiger partial charge is 0.323 e. The van der Waals surface area contributed by atoms with Crippen LogP contribution in [-0.4, -0.2) is 42.2 Å². The number of ether oxygens (including phenoxy) is 1. The van der Waals surface area contributed by atoms with Crippen molar-refractivity contribution in [3.63, 3.8) is 0 Å². The van der Waals surface area contributed by atoms with Gasteiger partial charge in [0.2, 0.25) is 0 Å². The zero-order valence-corrected chi connectivity index (χ0v) is 11.5. The molecule has 20 heavy (non-hydrogen) atoms. The topological polar surface area (TPSA) is 78.9 Å². The number of anilines is 1. The molecule has 0 saturated heterocycles. The fourth-order valence-electron chi connectivity index (χ4n) is 1.41. The van der Waals surface area contributed by atoms with E-state index in [1.54, 1.807) is 12.1 Å². The van der Waals surface area contributed by atoms with Crippen molar-refractivity contribution < 1.29 is 19.4 Å². The van der Waals surface area contributed by atoms with Crippen molar-refractivity contribution in [1.29, 1.82) is 0 Å². The lowest BCUT2D eigenvalue weighted by Gasteiger charge is -2.18. The molecular weight excluding hydrogens is 284 g/mol. The molecule has 0 fully saturated rings. The standard InChI is InChI=1S/C13H13ClN2O4/c1-3-6-16(8-12(17)18)13(19)15-9-4-5-10(14)11(7-9)20-2/h1,4-5,7H,6,8H2,2H3,(H,15,19)(H,17,18). The third kappa shape index (κ3) is 4.37. The molecule has 0 bridgehead atoms. The molecule has 0 heterocycles. The molecule has 1 aromatic carbocycles. The van der Waals surface area contributed by atoms with Crippen molar-refractivity contribution in [1.82, 2.24) is 4.90 Å². The Morgan fingerprint density at radius 1 is 1.55 bits per heavy atom. The summed E-state index contributed by atoms with van der Waals surface area (Å²) >= 11 is 5.86. The number of nitrogens with zero attached hydrogens (tertiary/aromatic N) is 1. The first kappa shape index (κ1) is 15.7. The van der Waals surface area contributed by atoms with Crippen LogP contribution in [0.15, 0.2) is 18.2 Å². The Bertz CT molecular complexity index is 554. The van der Waals surface area contributed by atoms with E-state index in [4.69, 9.17) is 27.9 Å². The number of hydrogen-bond donors (Lipinski definition) is 2. The summed E-state index contributed by atoms with van der Waals surface area (Å²) in [5.41, 5.74) is 0.420. The van der Waals surface area contributed by atoms with Gasteiger partial charge >= 0.3 is 12.0 Å². The molecule has 0 aromatic heterocycles. The zero-order valence-electron chi connectivity index (χ0n) is 10.7. The Labute approximate surface area is 121 Å². The monoisotopic (exact) mass is 296 g/mol. The van der Waals surface area contributed by atoms with Crippen LogP contribution in [0.1, 0.15) is 0 Å². The average Bonchev–Trinajstić information content (AvgIpc) is 2.40. The molecule has 0 spiro atoms. The Balaban J connectivity index is 2.82. The van der Waals surface area contributed by atoms with Crippen LogP contribution in [0.2, 0.25) is 5.02 Å². The summed E-state index contributed by atoms with van der Waals surface area (Å²) in [6.45, 7) is -0.594. The number of carbonyl (C=O) groups excluding carboxylic acids is 1. The van der Waals surface area contributed by atoms with E-state index in [0.717, 1.165) is 4.90 Å². The first-order valence-corrected chi connectivity index (χ1v) is 5.90. The number of amides is 2. The number of urea groups is 1. The first-order valence-electron chi connectivity index (χ1n) is 5.52. The van der Waals surface area contributed by atoms with Gasteiger partial charge in [0.15, 0.2) is 0 Å². The number of nitrogens with one attached hydrogen (secondary N) is 1. The minimum atomic E-state index is -1.15. The van der Waals surface area contributed by atoms with Crippen molar-refractivity contribution in [2.24, 2.45) is 0 Å². The van der Waals surface area contributed by atoms with Crippen molar-refractivity contribution in [2.45, 2.75) is 0 Å². The van der Waals surface area contributed by atoms with Crippen molar-refractivity contribution in [2.75, 3.05) is 25.5 Å². The molecule has 1 rings (SSSR count). The Morgan fingerprint density at radius 3 is 2.80 bits per heavy atom. The number of benzene rings is 1. The number of rotatable bonds is 5. The van der Waals surface area contributed by atoms with Crippen molar-refractivity contribution in [3.8, 4) is 18.1 Å². The minimum Gasteiger partial charge on any atom is -0.495 e. The van der Waals surface area contributed by atoms with Crippen molar-refractivity contribution >= 4 is 29.3 Å². The summed E-state index contributed by atoms with van der Waals surface area (Å²) in [6.07, 6.45) is 5.10. The van der Waals surface area contributed by atoms with E-state index in [1.807, 2.05) is 0 Å². The lowest BCUT2D eigenvalue weighted by Crippen LogP contribution is -2.39. The normalized spacial score (nSPS) is 9.45. The van der Waals surface area contributed by atoms with E-state index in [1.165, 1.54) is 13.2 Å². The molecule has 0 radical (unpaired) electrons. The molecule has 2 N–H and O–H groups in total. The number of carbonyl (C=O) groups is 2. The quantitative estimate of drug-likeness (QED) is 0.813. The predicted molar refractivity (Wildman–Crippen MR) is 75.1 cm³/mol. The molecular formula is C13H13ClN2O4. The molecule has 1 aromatic rings. The van der Waals surface area contributed by atoms with Crippen LogP contribution in [0, 0.1) is 12.3 Å². The summed E-state index contributed by atoms with van der Waals surface area (Å²) in [5.74, 6) is 1.47. The Hall–Kier alpha value is -2.39. The first-order chi connectivity index (χ1) is 9.47. The summed E-state index contributed by atoms with van der Waals surface area (Å²) in [7, 11) is 1.45. The molecule has 0 saturated carbocycles. The molecule has 2 amide bonds. The summed E-state index contributed by atoms with van der Waals surface area (Å²) in [4.78, 5) is 23.6. The highest BCUT2D eigenvalue weighted by molar-refractivity contribution is 6.32. The van der Waals surface area contributed by atoms with Gasteiger partial charge in [0.25, 0.3) is 0 Å². The largest absolute Gasteiger partial charge is 0.495 e. The number of carboxylic acids is 1. The van der Waals surface area contributed by atoms with Crippen LogP contribution in [-0.2, 0) is 4.79 Å². The number of terminal acetylenes is 1. The summed E-state index contributed by atoms with van der Waals surface area (Å²) < 4.78 is 5.02. The van der Waals surface area contributed by atoms with Crippen LogP contribution >= 0.6 is 11.6 Å². The van der Waals surface area contributed by atoms with Crippen LogP contribution < -0.4 is 10.1 Å². The number of aliphatic carboxylic acids is 1. The van der Waals surface area contributed by atoms with Crippen LogP contribution in [0.3, 0.4) is 0 Å². The highest BCUT2D eigenvalue weighted by Gasteiger charge is 2.16. The zero-order chi connectivity index (χ0) is 15.1. The lowest BCUT2D eigenvalue weighted by molar-refractivity contribution is -0.137. The van der Waals surface area contributed by atoms with E-state index in [0.29, 0.717) is 16.5 Å². The second-order valence-corrected chi connectivity index (χ2v) is 4.14. The predicted octanol–water partition coefficient (Wildman–Crippen LogP) is 1.90. The summed E-state index contributed by atoms with van der Waals surface area (Å²) in [6, 6.07) is 4.03. The average molecular weight is 297 g/mol. The van der Waals surface area contributed by atoms with Crippen LogP contribution in [0.4, 0.5) is 10.5 Å².